The predicted molar refractivity (Wildman–Crippen MR) is 189 cm³/mol. The molecule has 0 saturated carbocycles. The molecular formula is C35H31N5O3S3. The molecule has 8 nitrogen and oxygen atoms in total. The molecule has 0 bridgehead atoms. The number of nitrogens with zero attached hydrogens (tertiary/aromatic N) is 2. The Morgan fingerprint density at radius 3 is 2.26 bits per heavy atom. The number of benzene rings is 4. The summed E-state index contributed by atoms with van der Waals surface area (Å²) < 4.78 is 4.23. The van der Waals surface area contributed by atoms with E-state index in [4.69, 9.17) is 0 Å². The summed E-state index contributed by atoms with van der Waals surface area (Å²) in [6, 6.07) is 33.7. The second-order valence-electron chi connectivity index (χ2n) is 9.91. The Morgan fingerprint density at radius 2 is 1.54 bits per heavy atom. The molecule has 46 heavy (non-hydrogen) atoms. The van der Waals surface area contributed by atoms with E-state index in [1.165, 1.54) is 23.5 Å². The van der Waals surface area contributed by atoms with Crippen LogP contribution >= 0.6 is 35.1 Å². The van der Waals surface area contributed by atoms with Crippen LogP contribution in [0.15, 0.2) is 125 Å². The number of thioether (sulfide) groups is 2. The maximum atomic E-state index is 13.6. The molecule has 232 valence electrons. The first-order valence-electron chi connectivity index (χ1n) is 14.5. The van der Waals surface area contributed by atoms with Crippen molar-refractivity contribution in [1.82, 2.24) is 14.7 Å². The smallest absolute Gasteiger partial charge is 0.272 e. The van der Waals surface area contributed by atoms with Crippen LogP contribution in [0, 0.1) is 0 Å². The van der Waals surface area contributed by atoms with Crippen LogP contribution in [0.4, 0.5) is 10.8 Å². The van der Waals surface area contributed by atoms with Crippen molar-refractivity contribution in [2.75, 3.05) is 16.4 Å². The normalized spacial score (nSPS) is 11.8. The standard InChI is InChI=1S/C35H31N5O3S3/c1-3-44-35-39-34(46-40-35)38-31(41)23(2)45-29-16-10-15-28(22-29)36-33(43)30(37-32(42)27-13-8-5-9-14-27)21-24-17-19-26(20-18-24)25-11-6-4-7-12-25/h4-23H,3H2,1-2H3,(H,36,43)(H,37,42)(H,38,39,40,41)/b30-21+. The number of anilines is 2. The molecule has 1 heterocycles. The maximum absolute atomic E-state index is 13.6. The van der Waals surface area contributed by atoms with Gasteiger partial charge in [0.05, 0.1) is 5.25 Å². The van der Waals surface area contributed by atoms with Gasteiger partial charge in [-0.2, -0.15) is 9.36 Å². The van der Waals surface area contributed by atoms with Crippen LogP contribution in [-0.4, -0.2) is 38.1 Å². The molecule has 0 spiro atoms. The molecule has 0 radical (unpaired) electrons. The van der Waals surface area contributed by atoms with Gasteiger partial charge in [0.25, 0.3) is 11.8 Å². The van der Waals surface area contributed by atoms with Crippen molar-refractivity contribution in [3.8, 4) is 11.1 Å². The number of amides is 3. The Kier molecular flexibility index (Phi) is 11.4. The average molecular weight is 666 g/mol. The minimum absolute atomic E-state index is 0.0878. The third-order valence-electron chi connectivity index (χ3n) is 6.54. The number of hydrogen-bond acceptors (Lipinski definition) is 8. The molecule has 5 rings (SSSR count). The Morgan fingerprint density at radius 1 is 0.848 bits per heavy atom. The summed E-state index contributed by atoms with van der Waals surface area (Å²) in [6.07, 6.45) is 1.65. The summed E-state index contributed by atoms with van der Waals surface area (Å²) in [5.41, 5.74) is 3.91. The van der Waals surface area contributed by atoms with Gasteiger partial charge >= 0.3 is 0 Å². The topological polar surface area (TPSA) is 113 Å². The molecule has 0 aliphatic heterocycles. The minimum atomic E-state index is -0.485. The van der Waals surface area contributed by atoms with Crippen LogP contribution in [0.5, 0.6) is 0 Å². The lowest BCUT2D eigenvalue weighted by atomic mass is 10.0. The van der Waals surface area contributed by atoms with Gasteiger partial charge in [-0.25, -0.2) is 0 Å². The fraction of sp³-hybridized carbons (Fsp3) is 0.114. The molecule has 1 unspecified atom stereocenters. The lowest BCUT2D eigenvalue weighted by Gasteiger charge is -2.14. The van der Waals surface area contributed by atoms with Crippen molar-refractivity contribution < 1.29 is 14.4 Å². The van der Waals surface area contributed by atoms with E-state index >= 15 is 0 Å². The molecular weight excluding hydrogens is 635 g/mol. The largest absolute Gasteiger partial charge is 0.321 e. The third-order valence-corrected chi connectivity index (χ3v) is 9.11. The van der Waals surface area contributed by atoms with Crippen molar-refractivity contribution in [3.63, 3.8) is 0 Å². The number of carbonyl (C=O) groups is 3. The van der Waals surface area contributed by atoms with Crippen molar-refractivity contribution in [1.29, 1.82) is 0 Å². The first-order valence-corrected chi connectivity index (χ1v) is 17.1. The van der Waals surface area contributed by atoms with E-state index in [1.807, 2.05) is 73.7 Å². The second kappa shape index (κ2) is 16.0. The van der Waals surface area contributed by atoms with Crippen LogP contribution in [0.25, 0.3) is 17.2 Å². The first kappa shape index (κ1) is 32.7. The highest BCUT2D eigenvalue weighted by Gasteiger charge is 2.18. The summed E-state index contributed by atoms with van der Waals surface area (Å²) in [4.78, 5) is 44.6. The van der Waals surface area contributed by atoms with Crippen molar-refractivity contribution >= 4 is 69.7 Å². The first-order chi connectivity index (χ1) is 22.4. The average Bonchev–Trinajstić information content (AvgIpc) is 3.52. The van der Waals surface area contributed by atoms with Gasteiger partial charge in [-0.1, -0.05) is 97.5 Å². The molecule has 3 N–H and O–H groups in total. The van der Waals surface area contributed by atoms with Crippen LogP contribution in [0.1, 0.15) is 29.8 Å². The minimum Gasteiger partial charge on any atom is -0.321 e. The van der Waals surface area contributed by atoms with Gasteiger partial charge in [0.2, 0.25) is 16.2 Å². The molecule has 5 aromatic rings. The zero-order valence-electron chi connectivity index (χ0n) is 25.1. The Bertz CT molecular complexity index is 1830. The molecule has 3 amide bonds. The predicted octanol–water partition coefficient (Wildman–Crippen LogP) is 7.85. The molecule has 0 saturated heterocycles. The summed E-state index contributed by atoms with van der Waals surface area (Å²) in [6.45, 7) is 3.82. The van der Waals surface area contributed by atoms with Crippen molar-refractivity contribution in [2.45, 2.75) is 29.1 Å². The van der Waals surface area contributed by atoms with E-state index in [0.29, 0.717) is 21.5 Å². The van der Waals surface area contributed by atoms with Gasteiger partial charge in [0, 0.05) is 27.7 Å². The highest BCUT2D eigenvalue weighted by molar-refractivity contribution is 8.00. The van der Waals surface area contributed by atoms with E-state index in [2.05, 4.69) is 25.3 Å². The van der Waals surface area contributed by atoms with Gasteiger partial charge < -0.3 is 10.6 Å². The van der Waals surface area contributed by atoms with Crippen molar-refractivity contribution in [3.05, 3.63) is 126 Å². The van der Waals surface area contributed by atoms with Gasteiger partial charge in [-0.3, -0.25) is 19.7 Å². The Labute approximate surface area is 280 Å². The van der Waals surface area contributed by atoms with Crippen molar-refractivity contribution in [2.24, 2.45) is 0 Å². The van der Waals surface area contributed by atoms with E-state index in [9.17, 15) is 14.4 Å². The van der Waals surface area contributed by atoms with Gasteiger partial charge in [-0.05, 0) is 65.8 Å². The van der Waals surface area contributed by atoms with E-state index in [1.54, 1.807) is 55.5 Å². The number of hydrogen-bond donors (Lipinski definition) is 3. The zero-order valence-corrected chi connectivity index (χ0v) is 27.5. The third kappa shape index (κ3) is 9.16. The van der Waals surface area contributed by atoms with E-state index in [-0.39, 0.29) is 11.6 Å². The fourth-order valence-corrected chi connectivity index (χ4v) is 6.47. The van der Waals surface area contributed by atoms with Gasteiger partial charge in [0.15, 0.2) is 0 Å². The quantitative estimate of drug-likeness (QED) is 0.0919. The van der Waals surface area contributed by atoms with Crippen LogP contribution in [0.2, 0.25) is 0 Å². The lowest BCUT2D eigenvalue weighted by Crippen LogP contribution is -2.30. The SMILES string of the molecule is CCSc1nsc(NC(=O)C(C)Sc2cccc(NC(=O)/C(=C\c3ccc(-c4ccccc4)cc3)NC(=O)c3ccccc3)c2)n1. The molecule has 1 aromatic heterocycles. The monoisotopic (exact) mass is 665 g/mol. The molecule has 0 aliphatic carbocycles. The summed E-state index contributed by atoms with van der Waals surface area (Å²) in [7, 11) is 0. The molecule has 0 fully saturated rings. The highest BCUT2D eigenvalue weighted by Crippen LogP contribution is 2.28. The number of rotatable bonds is 12. The summed E-state index contributed by atoms with van der Waals surface area (Å²) in [5, 5.41) is 9.17. The van der Waals surface area contributed by atoms with Crippen LogP contribution in [-0.2, 0) is 9.59 Å². The molecule has 4 aromatic carbocycles. The molecule has 0 aliphatic rings. The number of nitrogens with one attached hydrogen (secondary N) is 3. The van der Waals surface area contributed by atoms with Crippen LogP contribution < -0.4 is 16.0 Å². The fourth-order valence-electron chi connectivity index (χ4n) is 4.27. The molecule has 11 heteroatoms. The summed E-state index contributed by atoms with van der Waals surface area (Å²) in [5.74, 6) is -0.234. The van der Waals surface area contributed by atoms with Gasteiger partial charge in [-0.15, -0.1) is 11.8 Å². The van der Waals surface area contributed by atoms with Gasteiger partial charge in [0.1, 0.15) is 5.70 Å². The maximum Gasteiger partial charge on any atom is 0.272 e. The Hall–Kier alpha value is -4.71. The zero-order chi connectivity index (χ0) is 32.3. The second-order valence-corrected chi connectivity index (χ2v) is 13.3. The lowest BCUT2D eigenvalue weighted by molar-refractivity contribution is -0.115. The summed E-state index contributed by atoms with van der Waals surface area (Å²) >= 11 is 4.02. The molecule has 1 atom stereocenters. The van der Waals surface area contributed by atoms with E-state index < -0.39 is 17.1 Å². The Balaban J connectivity index is 1.30. The highest BCUT2D eigenvalue weighted by atomic mass is 32.2. The van der Waals surface area contributed by atoms with Crippen LogP contribution in [0.3, 0.4) is 0 Å². The van der Waals surface area contributed by atoms with E-state index in [0.717, 1.165) is 38.9 Å². The number of aromatic nitrogens is 2. The number of carbonyl (C=O) groups excluding carboxylic acids is 3.